The van der Waals surface area contributed by atoms with Crippen LogP contribution in [0.25, 0.3) is 0 Å². The van der Waals surface area contributed by atoms with Gasteiger partial charge in [-0.1, -0.05) is 19.8 Å². The Balaban J connectivity index is 2.28. The van der Waals surface area contributed by atoms with Gasteiger partial charge in [0.05, 0.1) is 5.56 Å². The summed E-state index contributed by atoms with van der Waals surface area (Å²) in [6.45, 7) is 2.76. The molecule has 1 amide bonds. The molecule has 1 atom stereocenters. The topological polar surface area (TPSA) is 59.2 Å². The first kappa shape index (κ1) is 13.8. The van der Waals surface area contributed by atoms with Crippen molar-refractivity contribution in [3.8, 4) is 0 Å². The average Bonchev–Trinajstić information content (AvgIpc) is 2.66. The Labute approximate surface area is 112 Å². The van der Waals surface area contributed by atoms with Gasteiger partial charge in [-0.2, -0.15) is 0 Å². The minimum atomic E-state index is -0.702. The number of amides is 1. The summed E-state index contributed by atoms with van der Waals surface area (Å²) in [6, 6.07) is 1.61. The minimum absolute atomic E-state index is 0.0350. The van der Waals surface area contributed by atoms with E-state index in [4.69, 9.17) is 5.73 Å². The maximum Gasteiger partial charge on any atom is 0.257 e. The van der Waals surface area contributed by atoms with Gasteiger partial charge in [-0.25, -0.2) is 9.37 Å². The fourth-order valence-electron chi connectivity index (χ4n) is 2.65. The number of likely N-dealkylation sites (tertiary alicyclic amines) is 1. The van der Waals surface area contributed by atoms with Gasteiger partial charge in [0.25, 0.3) is 5.91 Å². The van der Waals surface area contributed by atoms with Gasteiger partial charge in [-0.15, -0.1) is 0 Å². The van der Waals surface area contributed by atoms with Crippen molar-refractivity contribution in [2.45, 2.75) is 45.1 Å². The Kier molecular flexibility index (Phi) is 4.35. The van der Waals surface area contributed by atoms with Gasteiger partial charge < -0.3 is 10.6 Å². The fraction of sp³-hybridized carbons (Fsp3) is 0.571. The molecule has 5 heteroatoms. The maximum absolute atomic E-state index is 13.9. The lowest BCUT2D eigenvalue weighted by atomic mass is 10.1. The van der Waals surface area contributed by atoms with E-state index >= 15 is 0 Å². The van der Waals surface area contributed by atoms with Crippen LogP contribution >= 0.6 is 0 Å². The van der Waals surface area contributed by atoms with Crippen molar-refractivity contribution in [3.05, 3.63) is 23.6 Å². The molecule has 0 saturated carbocycles. The molecule has 1 aliphatic rings. The van der Waals surface area contributed by atoms with Crippen molar-refractivity contribution < 1.29 is 9.18 Å². The van der Waals surface area contributed by atoms with Crippen molar-refractivity contribution in [1.29, 1.82) is 0 Å². The number of nitrogens with zero attached hydrogens (tertiary/aromatic N) is 2. The number of rotatable bonds is 2. The molecule has 0 aliphatic carbocycles. The van der Waals surface area contributed by atoms with Crippen molar-refractivity contribution in [3.63, 3.8) is 0 Å². The first-order valence-corrected chi connectivity index (χ1v) is 6.86. The molecule has 2 N–H and O–H groups in total. The van der Waals surface area contributed by atoms with Crippen LogP contribution in [0, 0.1) is 5.82 Å². The summed E-state index contributed by atoms with van der Waals surface area (Å²) in [5.74, 6) is -1.18. The zero-order valence-corrected chi connectivity index (χ0v) is 11.2. The molecule has 1 fully saturated rings. The summed E-state index contributed by atoms with van der Waals surface area (Å²) < 4.78 is 13.9. The molecule has 1 aromatic rings. The number of pyridine rings is 1. The number of hydrogen-bond donors (Lipinski definition) is 1. The van der Waals surface area contributed by atoms with Gasteiger partial charge in [0.1, 0.15) is 0 Å². The van der Waals surface area contributed by atoms with Gasteiger partial charge in [-0.05, 0) is 25.3 Å². The van der Waals surface area contributed by atoms with Crippen LogP contribution in [-0.2, 0) is 0 Å². The van der Waals surface area contributed by atoms with Gasteiger partial charge in [0.2, 0.25) is 0 Å². The predicted molar refractivity (Wildman–Crippen MR) is 72.2 cm³/mol. The molecule has 4 nitrogen and oxygen atoms in total. The van der Waals surface area contributed by atoms with E-state index < -0.39 is 5.82 Å². The average molecular weight is 265 g/mol. The molecule has 0 bridgehead atoms. The third-order valence-corrected chi connectivity index (χ3v) is 3.76. The van der Waals surface area contributed by atoms with Crippen LogP contribution in [-0.4, -0.2) is 28.4 Å². The molecule has 1 saturated heterocycles. The summed E-state index contributed by atoms with van der Waals surface area (Å²) in [5, 5.41) is 0. The van der Waals surface area contributed by atoms with E-state index in [0.29, 0.717) is 6.54 Å². The zero-order chi connectivity index (χ0) is 13.8. The Morgan fingerprint density at radius 1 is 1.53 bits per heavy atom. The molecule has 104 valence electrons. The van der Waals surface area contributed by atoms with E-state index in [1.54, 1.807) is 4.90 Å². The monoisotopic (exact) mass is 265 g/mol. The number of carbonyl (C=O) groups is 1. The van der Waals surface area contributed by atoms with Crippen LogP contribution in [0.5, 0.6) is 0 Å². The second-order valence-corrected chi connectivity index (χ2v) is 4.97. The first-order valence-electron chi connectivity index (χ1n) is 6.86. The number of nitrogen functional groups attached to an aromatic ring is 1. The van der Waals surface area contributed by atoms with E-state index in [1.165, 1.54) is 12.3 Å². The van der Waals surface area contributed by atoms with Gasteiger partial charge in [0.15, 0.2) is 11.6 Å². The zero-order valence-electron chi connectivity index (χ0n) is 11.2. The second-order valence-electron chi connectivity index (χ2n) is 4.97. The maximum atomic E-state index is 13.9. The molecule has 0 radical (unpaired) electrons. The molecular weight excluding hydrogens is 245 g/mol. The molecule has 2 heterocycles. The van der Waals surface area contributed by atoms with Crippen molar-refractivity contribution in [2.75, 3.05) is 12.3 Å². The second kappa shape index (κ2) is 5.99. The predicted octanol–water partition coefficient (Wildman–Crippen LogP) is 2.60. The first-order chi connectivity index (χ1) is 9.15. The Morgan fingerprint density at radius 2 is 2.32 bits per heavy atom. The normalized spacial score (nSPS) is 20.1. The molecule has 2 rings (SSSR count). The molecule has 19 heavy (non-hydrogen) atoms. The van der Waals surface area contributed by atoms with Crippen LogP contribution in [0.2, 0.25) is 0 Å². The highest BCUT2D eigenvalue weighted by Gasteiger charge is 2.27. The van der Waals surface area contributed by atoms with Crippen LogP contribution in [0.15, 0.2) is 12.3 Å². The third kappa shape index (κ3) is 2.85. The molecule has 0 spiro atoms. The SMILES string of the molecule is CCC1CCCCCN1C(=O)c1ccnc(N)c1F. The lowest BCUT2D eigenvalue weighted by molar-refractivity contribution is 0.0673. The van der Waals surface area contributed by atoms with Crippen molar-refractivity contribution >= 4 is 11.7 Å². The number of anilines is 1. The van der Waals surface area contributed by atoms with Crippen LogP contribution in [0.3, 0.4) is 0 Å². The molecule has 1 aromatic heterocycles. The summed E-state index contributed by atoms with van der Waals surface area (Å²) in [5.41, 5.74) is 5.46. The third-order valence-electron chi connectivity index (χ3n) is 3.76. The summed E-state index contributed by atoms with van der Waals surface area (Å²) in [7, 11) is 0. The van der Waals surface area contributed by atoms with E-state index in [0.717, 1.165) is 32.1 Å². The molecule has 0 aromatic carbocycles. The van der Waals surface area contributed by atoms with Crippen molar-refractivity contribution in [2.24, 2.45) is 0 Å². The highest BCUT2D eigenvalue weighted by atomic mass is 19.1. The van der Waals surface area contributed by atoms with Crippen LogP contribution in [0.4, 0.5) is 10.2 Å². The summed E-state index contributed by atoms with van der Waals surface area (Å²) >= 11 is 0. The van der Waals surface area contributed by atoms with E-state index in [2.05, 4.69) is 11.9 Å². The standard InChI is InChI=1S/C14H20FN3O/c1-2-10-6-4-3-5-9-18(10)14(19)11-7-8-17-13(16)12(11)15/h7-8,10H,2-6,9H2,1H3,(H2,16,17). The van der Waals surface area contributed by atoms with Gasteiger partial charge in [-0.3, -0.25) is 4.79 Å². The smallest absolute Gasteiger partial charge is 0.257 e. The van der Waals surface area contributed by atoms with Crippen LogP contribution < -0.4 is 5.73 Å². The Hall–Kier alpha value is -1.65. The van der Waals surface area contributed by atoms with Gasteiger partial charge in [0, 0.05) is 18.8 Å². The quantitative estimate of drug-likeness (QED) is 0.894. The lowest BCUT2D eigenvalue weighted by Crippen LogP contribution is -2.40. The number of carbonyl (C=O) groups excluding carboxylic acids is 1. The number of halogens is 1. The van der Waals surface area contributed by atoms with Crippen LogP contribution in [0.1, 0.15) is 49.4 Å². The summed E-state index contributed by atoms with van der Waals surface area (Å²) in [6.07, 6.45) is 6.50. The van der Waals surface area contributed by atoms with Gasteiger partial charge >= 0.3 is 0 Å². The highest BCUT2D eigenvalue weighted by molar-refractivity contribution is 5.95. The lowest BCUT2D eigenvalue weighted by Gasteiger charge is -2.29. The minimum Gasteiger partial charge on any atom is -0.381 e. The largest absolute Gasteiger partial charge is 0.381 e. The molecule has 1 unspecified atom stereocenters. The van der Waals surface area contributed by atoms with E-state index in [1.807, 2.05) is 0 Å². The number of nitrogens with two attached hydrogens (primary N) is 1. The van der Waals surface area contributed by atoms with E-state index in [-0.39, 0.29) is 23.3 Å². The van der Waals surface area contributed by atoms with E-state index in [9.17, 15) is 9.18 Å². The molecule has 1 aliphatic heterocycles. The van der Waals surface area contributed by atoms with Crippen molar-refractivity contribution in [1.82, 2.24) is 9.88 Å². The number of aromatic nitrogens is 1. The highest BCUT2D eigenvalue weighted by Crippen LogP contribution is 2.23. The Bertz CT molecular complexity index is 464. The fourth-order valence-corrected chi connectivity index (χ4v) is 2.65. The Morgan fingerprint density at radius 3 is 3.05 bits per heavy atom. The molecular formula is C14H20FN3O. The number of hydrogen-bond acceptors (Lipinski definition) is 3. The summed E-state index contributed by atoms with van der Waals surface area (Å²) in [4.78, 5) is 18.0.